The van der Waals surface area contributed by atoms with Gasteiger partial charge in [0.1, 0.15) is 11.5 Å². The Morgan fingerprint density at radius 2 is 2.08 bits per heavy atom. The maximum absolute atomic E-state index is 12.4. The van der Waals surface area contributed by atoms with Crippen molar-refractivity contribution in [3.8, 4) is 11.5 Å². The molecule has 1 heterocycles. The van der Waals surface area contributed by atoms with Gasteiger partial charge in [0, 0.05) is 11.3 Å². The standard InChI is InChI=1S/C16H21N3O3S2/c1-5-13(22-12-8-6-7-11(9-12)21-4)14(20)17-15-18-19-16(24-15)23-10(2)3/h6-10,13H,5H2,1-4H3,(H,17,18,20). The quantitative estimate of drug-likeness (QED) is 0.564. The van der Waals surface area contributed by atoms with Crippen LogP contribution in [0.15, 0.2) is 28.6 Å². The van der Waals surface area contributed by atoms with Crippen molar-refractivity contribution in [1.29, 1.82) is 0 Å². The molecule has 1 atom stereocenters. The third-order valence-electron chi connectivity index (χ3n) is 2.96. The molecule has 0 saturated heterocycles. The predicted octanol–water partition coefficient (Wildman–Crippen LogP) is 3.84. The maximum atomic E-state index is 12.4. The van der Waals surface area contributed by atoms with E-state index in [0.717, 1.165) is 4.34 Å². The largest absolute Gasteiger partial charge is 0.497 e. The van der Waals surface area contributed by atoms with Crippen molar-refractivity contribution in [3.63, 3.8) is 0 Å². The minimum atomic E-state index is -0.609. The normalized spacial score (nSPS) is 12.0. The number of hydrogen-bond acceptors (Lipinski definition) is 7. The lowest BCUT2D eigenvalue weighted by Crippen LogP contribution is -2.32. The van der Waals surface area contributed by atoms with Gasteiger partial charge in [-0.1, -0.05) is 49.9 Å². The van der Waals surface area contributed by atoms with Crippen LogP contribution in [0.5, 0.6) is 11.5 Å². The second kappa shape index (κ2) is 8.89. The van der Waals surface area contributed by atoms with E-state index in [2.05, 4.69) is 29.4 Å². The first-order valence-electron chi connectivity index (χ1n) is 7.63. The molecule has 1 N–H and O–H groups in total. The molecule has 6 nitrogen and oxygen atoms in total. The van der Waals surface area contributed by atoms with E-state index < -0.39 is 6.10 Å². The van der Waals surface area contributed by atoms with Gasteiger partial charge in [-0.15, -0.1) is 10.2 Å². The van der Waals surface area contributed by atoms with Crippen molar-refractivity contribution in [3.05, 3.63) is 24.3 Å². The average Bonchev–Trinajstić information content (AvgIpc) is 2.98. The van der Waals surface area contributed by atoms with Crippen molar-refractivity contribution >= 4 is 34.1 Å². The second-order valence-corrected chi connectivity index (χ2v) is 8.02. The van der Waals surface area contributed by atoms with Gasteiger partial charge in [0.25, 0.3) is 5.91 Å². The molecule has 0 bridgehead atoms. The average molecular weight is 367 g/mol. The van der Waals surface area contributed by atoms with Crippen molar-refractivity contribution in [2.45, 2.75) is 42.9 Å². The van der Waals surface area contributed by atoms with E-state index >= 15 is 0 Å². The van der Waals surface area contributed by atoms with E-state index in [-0.39, 0.29) is 5.91 Å². The van der Waals surface area contributed by atoms with Gasteiger partial charge in [-0.2, -0.15) is 0 Å². The highest BCUT2D eigenvalue weighted by atomic mass is 32.2. The highest BCUT2D eigenvalue weighted by Crippen LogP contribution is 2.28. The molecule has 0 aliphatic heterocycles. The number of carbonyl (C=O) groups excluding carboxylic acids is 1. The van der Waals surface area contributed by atoms with E-state index in [9.17, 15) is 4.79 Å². The molecule has 2 rings (SSSR count). The Balaban J connectivity index is 1.99. The first-order chi connectivity index (χ1) is 11.5. The first-order valence-corrected chi connectivity index (χ1v) is 9.33. The Labute approximate surface area is 150 Å². The van der Waals surface area contributed by atoms with E-state index in [1.54, 1.807) is 31.0 Å². The number of amides is 1. The zero-order valence-corrected chi connectivity index (χ0v) is 15.7. The van der Waals surface area contributed by atoms with Crippen LogP contribution >= 0.6 is 23.1 Å². The summed E-state index contributed by atoms with van der Waals surface area (Å²) in [6.07, 6.45) is -0.0719. The molecule has 0 radical (unpaired) electrons. The fourth-order valence-electron chi connectivity index (χ4n) is 1.86. The Kier molecular flexibility index (Phi) is 6.86. The number of thioether (sulfide) groups is 1. The molecule has 24 heavy (non-hydrogen) atoms. The monoisotopic (exact) mass is 367 g/mol. The molecule has 1 unspecified atom stereocenters. The fraction of sp³-hybridized carbons (Fsp3) is 0.438. The van der Waals surface area contributed by atoms with Gasteiger partial charge in [-0.05, 0) is 18.6 Å². The summed E-state index contributed by atoms with van der Waals surface area (Å²) in [5.41, 5.74) is 0. The molecule has 1 amide bonds. The lowest BCUT2D eigenvalue weighted by Gasteiger charge is -2.16. The second-order valence-electron chi connectivity index (χ2n) is 5.22. The number of aromatic nitrogens is 2. The van der Waals surface area contributed by atoms with Crippen molar-refractivity contribution in [1.82, 2.24) is 10.2 Å². The lowest BCUT2D eigenvalue weighted by atomic mass is 10.2. The summed E-state index contributed by atoms with van der Waals surface area (Å²) in [5, 5.41) is 11.7. The van der Waals surface area contributed by atoms with Gasteiger partial charge in [-0.3, -0.25) is 10.1 Å². The summed E-state index contributed by atoms with van der Waals surface area (Å²) >= 11 is 2.98. The van der Waals surface area contributed by atoms with E-state index in [4.69, 9.17) is 9.47 Å². The van der Waals surface area contributed by atoms with Crippen LogP contribution in [-0.4, -0.2) is 34.6 Å². The number of ether oxygens (including phenoxy) is 2. The smallest absolute Gasteiger partial charge is 0.267 e. The molecular weight excluding hydrogens is 346 g/mol. The molecule has 0 fully saturated rings. The summed E-state index contributed by atoms with van der Waals surface area (Å²) in [5.74, 6) is 1.03. The predicted molar refractivity (Wildman–Crippen MR) is 97.2 cm³/mol. The topological polar surface area (TPSA) is 73.3 Å². The summed E-state index contributed by atoms with van der Waals surface area (Å²) in [4.78, 5) is 12.4. The van der Waals surface area contributed by atoms with Gasteiger partial charge in [-0.25, -0.2) is 0 Å². The van der Waals surface area contributed by atoms with Crippen molar-refractivity contribution in [2.75, 3.05) is 12.4 Å². The van der Waals surface area contributed by atoms with Crippen LogP contribution in [-0.2, 0) is 4.79 Å². The molecule has 130 valence electrons. The van der Waals surface area contributed by atoms with E-state index in [1.165, 1.54) is 11.3 Å². The number of nitrogens with zero attached hydrogens (tertiary/aromatic N) is 2. The molecule has 1 aromatic heterocycles. The van der Waals surface area contributed by atoms with Gasteiger partial charge in [0.05, 0.1) is 7.11 Å². The van der Waals surface area contributed by atoms with Gasteiger partial charge < -0.3 is 9.47 Å². The van der Waals surface area contributed by atoms with Crippen LogP contribution in [0.25, 0.3) is 0 Å². The Hall–Kier alpha value is -1.80. The lowest BCUT2D eigenvalue weighted by molar-refractivity contribution is -0.122. The van der Waals surface area contributed by atoms with E-state index in [1.807, 2.05) is 19.1 Å². The summed E-state index contributed by atoms with van der Waals surface area (Å²) in [7, 11) is 1.59. The maximum Gasteiger partial charge on any atom is 0.267 e. The Morgan fingerprint density at radius 3 is 2.75 bits per heavy atom. The Morgan fingerprint density at radius 1 is 1.33 bits per heavy atom. The summed E-state index contributed by atoms with van der Waals surface area (Å²) in [6, 6.07) is 7.18. The van der Waals surface area contributed by atoms with Crippen LogP contribution in [0.1, 0.15) is 27.2 Å². The number of nitrogens with one attached hydrogen (secondary N) is 1. The first kappa shape index (κ1) is 18.5. The SMILES string of the molecule is CCC(Oc1cccc(OC)c1)C(=O)Nc1nnc(SC(C)C)s1. The van der Waals surface area contributed by atoms with Gasteiger partial charge >= 0.3 is 0 Å². The minimum Gasteiger partial charge on any atom is -0.497 e. The number of benzene rings is 1. The molecule has 0 spiro atoms. The summed E-state index contributed by atoms with van der Waals surface area (Å²) < 4.78 is 11.8. The van der Waals surface area contributed by atoms with Gasteiger partial charge in [0.2, 0.25) is 5.13 Å². The van der Waals surface area contributed by atoms with E-state index in [0.29, 0.717) is 28.3 Å². The van der Waals surface area contributed by atoms with Crippen LogP contribution in [0.3, 0.4) is 0 Å². The highest BCUT2D eigenvalue weighted by molar-refractivity contribution is 8.01. The molecule has 0 aliphatic carbocycles. The van der Waals surface area contributed by atoms with Crippen molar-refractivity contribution in [2.24, 2.45) is 0 Å². The molecular formula is C16H21N3O3S2. The molecule has 0 saturated carbocycles. The van der Waals surface area contributed by atoms with Gasteiger partial charge in [0.15, 0.2) is 10.4 Å². The number of anilines is 1. The fourth-order valence-corrected chi connectivity index (χ4v) is 3.83. The molecule has 2 aromatic rings. The zero-order chi connectivity index (χ0) is 17.5. The zero-order valence-electron chi connectivity index (χ0n) is 14.1. The van der Waals surface area contributed by atoms with Crippen LogP contribution in [0.4, 0.5) is 5.13 Å². The number of hydrogen-bond donors (Lipinski definition) is 1. The third-order valence-corrected chi connectivity index (χ3v) is 4.88. The molecule has 1 aromatic carbocycles. The number of rotatable bonds is 8. The highest BCUT2D eigenvalue weighted by Gasteiger charge is 2.20. The minimum absolute atomic E-state index is 0.238. The summed E-state index contributed by atoms with van der Waals surface area (Å²) in [6.45, 7) is 6.06. The third kappa shape index (κ3) is 5.38. The number of carbonyl (C=O) groups is 1. The molecule has 0 aliphatic rings. The molecule has 8 heteroatoms. The Bertz CT molecular complexity index is 676. The van der Waals surface area contributed by atoms with Crippen LogP contribution in [0.2, 0.25) is 0 Å². The number of methoxy groups -OCH3 is 1. The van der Waals surface area contributed by atoms with Crippen LogP contribution < -0.4 is 14.8 Å². The van der Waals surface area contributed by atoms with Crippen molar-refractivity contribution < 1.29 is 14.3 Å². The van der Waals surface area contributed by atoms with Crippen LogP contribution in [0, 0.1) is 0 Å².